The first-order chi connectivity index (χ1) is 11.7. The van der Waals surface area contributed by atoms with Crippen molar-refractivity contribution in [1.82, 2.24) is 0 Å². The maximum absolute atomic E-state index is 11.7. The fourth-order valence-electron chi connectivity index (χ4n) is 5.23. The minimum Gasteiger partial charge on any atom is -0.459 e. The van der Waals surface area contributed by atoms with E-state index >= 15 is 0 Å². The van der Waals surface area contributed by atoms with E-state index in [-0.39, 0.29) is 29.2 Å². The van der Waals surface area contributed by atoms with Gasteiger partial charge in [-0.2, -0.15) is 0 Å². The van der Waals surface area contributed by atoms with Crippen molar-refractivity contribution in [3.63, 3.8) is 0 Å². The van der Waals surface area contributed by atoms with Crippen molar-refractivity contribution >= 4 is 5.97 Å². The lowest BCUT2D eigenvalue weighted by Crippen LogP contribution is -2.43. The lowest BCUT2D eigenvalue weighted by atomic mass is 9.70. The Balaban J connectivity index is 1.86. The highest BCUT2D eigenvalue weighted by Crippen LogP contribution is 2.62. The largest absolute Gasteiger partial charge is 0.459 e. The number of rotatable bonds is 4. The molecule has 0 amide bonds. The molecule has 0 spiro atoms. The van der Waals surface area contributed by atoms with Crippen LogP contribution in [0.2, 0.25) is 0 Å². The second kappa shape index (κ2) is 6.42. The molecule has 0 aromatic heterocycles. The number of epoxide rings is 1. The van der Waals surface area contributed by atoms with E-state index in [0.717, 1.165) is 31.3 Å². The predicted octanol–water partition coefficient (Wildman–Crippen LogP) is 4.98. The summed E-state index contributed by atoms with van der Waals surface area (Å²) in [5.74, 6) is 0.906. The molecule has 6 unspecified atom stereocenters. The van der Waals surface area contributed by atoms with Crippen LogP contribution in [0.15, 0.2) is 36.0 Å². The highest BCUT2D eigenvalue weighted by Gasteiger charge is 2.67. The third-order valence-electron chi connectivity index (χ3n) is 6.76. The van der Waals surface area contributed by atoms with Gasteiger partial charge < -0.3 is 9.47 Å². The zero-order valence-corrected chi connectivity index (χ0v) is 16.3. The van der Waals surface area contributed by atoms with Crippen LogP contribution in [0.25, 0.3) is 0 Å². The van der Waals surface area contributed by atoms with Gasteiger partial charge >= 0.3 is 5.97 Å². The third-order valence-corrected chi connectivity index (χ3v) is 6.76. The van der Waals surface area contributed by atoms with Gasteiger partial charge in [0.15, 0.2) is 0 Å². The van der Waals surface area contributed by atoms with Crippen molar-refractivity contribution in [1.29, 1.82) is 0 Å². The fraction of sp³-hybridized carbons (Fsp3) is 0.682. The molecule has 3 heteroatoms. The number of hydrogen-bond donors (Lipinski definition) is 0. The van der Waals surface area contributed by atoms with Gasteiger partial charge in [-0.3, -0.25) is 4.79 Å². The summed E-state index contributed by atoms with van der Waals surface area (Å²) in [6, 6.07) is 0. The van der Waals surface area contributed by atoms with Crippen LogP contribution in [0, 0.1) is 17.3 Å². The van der Waals surface area contributed by atoms with E-state index in [9.17, 15) is 4.79 Å². The number of ether oxygens (including phenoxy) is 2. The van der Waals surface area contributed by atoms with Crippen molar-refractivity contribution in [2.45, 2.75) is 78.1 Å². The third kappa shape index (κ3) is 3.36. The van der Waals surface area contributed by atoms with Gasteiger partial charge in [0.2, 0.25) is 0 Å². The Kier molecular flexibility index (Phi) is 4.74. The Bertz CT molecular complexity index is 631. The lowest BCUT2D eigenvalue weighted by Gasteiger charge is -2.38. The van der Waals surface area contributed by atoms with Crippen molar-refractivity contribution in [2.75, 3.05) is 0 Å². The quantitative estimate of drug-likeness (QED) is 0.410. The molecule has 2 aliphatic carbocycles. The van der Waals surface area contributed by atoms with E-state index in [1.807, 2.05) is 6.92 Å². The first-order valence-electron chi connectivity index (χ1n) is 9.53. The normalized spacial score (nSPS) is 43.3. The van der Waals surface area contributed by atoms with Crippen LogP contribution >= 0.6 is 0 Å². The molecule has 6 atom stereocenters. The second-order valence-electron chi connectivity index (χ2n) is 8.79. The van der Waals surface area contributed by atoms with Gasteiger partial charge in [0.1, 0.15) is 12.2 Å². The van der Waals surface area contributed by atoms with Crippen LogP contribution in [0.4, 0.5) is 0 Å². The predicted molar refractivity (Wildman–Crippen MR) is 100 cm³/mol. The standard InChI is InChI=1S/C22H32O3/c1-14(2)8-7-9-15(3)17-10-12-21(5)18(17)11-13-22(6)20(25-22)19(21)24-16(4)23/h7-9,17-20H,1,10-13H2,2-6H3. The lowest BCUT2D eigenvalue weighted by molar-refractivity contribution is -0.157. The molecule has 3 rings (SSSR count). The van der Waals surface area contributed by atoms with Gasteiger partial charge in [0, 0.05) is 12.3 Å². The molecule has 0 radical (unpaired) electrons. The molecular weight excluding hydrogens is 312 g/mol. The van der Waals surface area contributed by atoms with Crippen molar-refractivity contribution < 1.29 is 14.3 Å². The van der Waals surface area contributed by atoms with E-state index in [0.29, 0.717) is 11.8 Å². The summed E-state index contributed by atoms with van der Waals surface area (Å²) < 4.78 is 11.8. The molecule has 1 aliphatic heterocycles. The Labute approximate surface area is 152 Å². The zero-order chi connectivity index (χ0) is 18.4. The molecule has 25 heavy (non-hydrogen) atoms. The smallest absolute Gasteiger partial charge is 0.303 e. The first kappa shape index (κ1) is 18.4. The molecule has 0 aromatic rings. The molecule has 3 fully saturated rings. The van der Waals surface area contributed by atoms with Crippen molar-refractivity contribution in [2.24, 2.45) is 17.3 Å². The molecule has 0 bridgehead atoms. The molecule has 0 N–H and O–H groups in total. The van der Waals surface area contributed by atoms with Crippen LogP contribution in [-0.2, 0) is 14.3 Å². The number of carbonyl (C=O) groups is 1. The summed E-state index contributed by atoms with van der Waals surface area (Å²) in [6.45, 7) is 14.2. The Morgan fingerprint density at radius 2 is 1.92 bits per heavy atom. The van der Waals surface area contributed by atoms with E-state index in [1.165, 1.54) is 12.5 Å². The molecule has 1 heterocycles. The maximum Gasteiger partial charge on any atom is 0.303 e. The summed E-state index contributed by atoms with van der Waals surface area (Å²) in [7, 11) is 0. The Morgan fingerprint density at radius 3 is 2.56 bits per heavy atom. The van der Waals surface area contributed by atoms with Crippen LogP contribution in [-0.4, -0.2) is 23.8 Å². The van der Waals surface area contributed by atoms with Gasteiger partial charge in [-0.05, 0) is 58.3 Å². The highest BCUT2D eigenvalue weighted by atomic mass is 16.6. The fourth-order valence-corrected chi connectivity index (χ4v) is 5.23. The first-order valence-corrected chi connectivity index (χ1v) is 9.53. The number of carbonyl (C=O) groups excluding carboxylic acids is 1. The van der Waals surface area contributed by atoms with Crippen LogP contribution in [0.3, 0.4) is 0 Å². The number of esters is 1. The van der Waals surface area contributed by atoms with E-state index in [4.69, 9.17) is 9.47 Å². The summed E-state index contributed by atoms with van der Waals surface area (Å²) in [6.07, 6.45) is 10.8. The van der Waals surface area contributed by atoms with Crippen LogP contribution in [0.5, 0.6) is 0 Å². The Hall–Kier alpha value is -1.35. The van der Waals surface area contributed by atoms with Gasteiger partial charge in [-0.1, -0.05) is 42.9 Å². The summed E-state index contributed by atoms with van der Waals surface area (Å²) in [5.41, 5.74) is 2.39. The zero-order valence-electron chi connectivity index (χ0n) is 16.3. The summed E-state index contributed by atoms with van der Waals surface area (Å²) in [5, 5.41) is 0. The minimum atomic E-state index is -0.190. The molecule has 0 aromatic carbocycles. The number of fused-ring (bicyclic) bond motifs is 2. The number of hydrogen-bond acceptors (Lipinski definition) is 3. The summed E-state index contributed by atoms with van der Waals surface area (Å²) in [4.78, 5) is 11.7. The monoisotopic (exact) mass is 344 g/mol. The van der Waals surface area contributed by atoms with Crippen LogP contribution in [0.1, 0.15) is 60.3 Å². The highest BCUT2D eigenvalue weighted by molar-refractivity contribution is 5.66. The van der Waals surface area contributed by atoms with E-state index in [2.05, 4.69) is 45.6 Å². The SMILES string of the molecule is C=C(C)C=CC=C(C)C1CCC2(C)C1CCC1(C)OC1C2OC(C)=O. The maximum atomic E-state index is 11.7. The molecule has 2 saturated carbocycles. The van der Waals surface area contributed by atoms with E-state index < -0.39 is 0 Å². The number of allylic oxidation sites excluding steroid dienone is 5. The second-order valence-corrected chi connectivity index (χ2v) is 8.79. The van der Waals surface area contributed by atoms with Crippen molar-refractivity contribution in [3.8, 4) is 0 Å². The van der Waals surface area contributed by atoms with E-state index in [1.54, 1.807) is 0 Å². The van der Waals surface area contributed by atoms with Gasteiger partial charge in [-0.15, -0.1) is 0 Å². The average Bonchev–Trinajstić information content (AvgIpc) is 3.06. The molecule has 3 aliphatic rings. The summed E-state index contributed by atoms with van der Waals surface area (Å²) >= 11 is 0. The van der Waals surface area contributed by atoms with Gasteiger partial charge in [0.05, 0.1) is 5.60 Å². The van der Waals surface area contributed by atoms with Gasteiger partial charge in [-0.25, -0.2) is 0 Å². The Morgan fingerprint density at radius 1 is 1.20 bits per heavy atom. The van der Waals surface area contributed by atoms with Crippen molar-refractivity contribution in [3.05, 3.63) is 36.0 Å². The molecule has 1 saturated heterocycles. The topological polar surface area (TPSA) is 38.8 Å². The van der Waals surface area contributed by atoms with Gasteiger partial charge in [0.25, 0.3) is 0 Å². The molecular formula is C22H32O3. The molecule has 3 nitrogen and oxygen atoms in total. The van der Waals surface area contributed by atoms with Crippen LogP contribution < -0.4 is 0 Å². The minimum absolute atomic E-state index is 0.00241. The average molecular weight is 344 g/mol. The molecule has 138 valence electrons.